The Morgan fingerprint density at radius 2 is 1.92 bits per heavy atom. The molecule has 2 N–H and O–H groups in total. The first-order valence-electron chi connectivity index (χ1n) is 6.55. The molecule has 1 heterocycles. The molecular weight excluding hydrogens is 359 g/mol. The minimum atomic E-state index is -5.72. The molecule has 0 bridgehead atoms. The number of nitrogens with zero attached hydrogens (tertiary/aromatic N) is 1. The lowest BCUT2D eigenvalue weighted by Gasteiger charge is -2.39. The highest BCUT2D eigenvalue weighted by molar-refractivity contribution is 8.00. The summed E-state index contributed by atoms with van der Waals surface area (Å²) in [6.45, 7) is 0.201. The van der Waals surface area contributed by atoms with Crippen LogP contribution in [-0.4, -0.2) is 45.9 Å². The van der Waals surface area contributed by atoms with Gasteiger partial charge in [-0.3, -0.25) is 14.8 Å². The van der Waals surface area contributed by atoms with Crippen molar-refractivity contribution in [1.29, 1.82) is 0 Å². The number of thioether (sulfide) groups is 1. The number of likely N-dealkylation sites (tertiary alicyclic amines) is 1. The average molecular weight is 370 g/mol. The number of carbonyl (C=O) groups excluding carboxylic acids is 2. The van der Waals surface area contributed by atoms with E-state index in [2.05, 4.69) is 0 Å². The molecule has 0 radical (unpaired) electrons. The third-order valence-electron chi connectivity index (χ3n) is 3.35. The number of carbonyl (C=O) groups is 2. The summed E-state index contributed by atoms with van der Waals surface area (Å²) in [5, 5.41) is 3.56. The fourth-order valence-corrected chi connectivity index (χ4v) is 2.79. The van der Waals surface area contributed by atoms with Gasteiger partial charge in [0.15, 0.2) is 0 Å². The van der Waals surface area contributed by atoms with Crippen LogP contribution in [-0.2, 0) is 4.79 Å². The molecule has 24 heavy (non-hydrogen) atoms. The molecule has 0 spiro atoms. The molecule has 132 valence electrons. The van der Waals surface area contributed by atoms with Gasteiger partial charge in [-0.05, 0) is 36.4 Å². The van der Waals surface area contributed by atoms with Crippen LogP contribution in [0.5, 0.6) is 0 Å². The van der Waals surface area contributed by atoms with Crippen molar-refractivity contribution in [2.45, 2.75) is 28.8 Å². The van der Waals surface area contributed by atoms with Crippen molar-refractivity contribution in [3.05, 3.63) is 29.8 Å². The Morgan fingerprint density at radius 3 is 2.42 bits per heavy atom. The molecule has 1 atom stereocenters. The summed E-state index contributed by atoms with van der Waals surface area (Å²) in [4.78, 5) is 24.2. The molecule has 5 nitrogen and oxygen atoms in total. The van der Waals surface area contributed by atoms with Crippen LogP contribution in [0.2, 0.25) is 0 Å². The fourth-order valence-electron chi connectivity index (χ4n) is 2.04. The lowest BCUT2D eigenvalue weighted by Crippen LogP contribution is -2.57. The minimum Gasteiger partial charge on any atom is -0.326 e. The number of halogens is 5. The summed E-state index contributed by atoms with van der Waals surface area (Å²) < 4.78 is 62.8. The van der Waals surface area contributed by atoms with Crippen molar-refractivity contribution < 1.29 is 36.7 Å². The average Bonchev–Trinajstić information content (AvgIpc) is 2.44. The summed E-state index contributed by atoms with van der Waals surface area (Å²) in [5.74, 6) is -1.50. The van der Waals surface area contributed by atoms with Crippen molar-refractivity contribution in [3.63, 3.8) is 0 Å². The van der Waals surface area contributed by atoms with E-state index in [1.54, 1.807) is 0 Å². The topological polar surface area (TPSA) is 69.6 Å². The molecule has 1 aromatic rings. The van der Waals surface area contributed by atoms with Crippen molar-refractivity contribution in [3.8, 4) is 0 Å². The van der Waals surface area contributed by atoms with Crippen molar-refractivity contribution in [2.24, 2.45) is 0 Å². The highest BCUT2D eigenvalue weighted by Gasteiger charge is 2.58. The van der Waals surface area contributed by atoms with Crippen molar-refractivity contribution in [2.75, 3.05) is 6.54 Å². The summed E-state index contributed by atoms with van der Waals surface area (Å²) in [5.41, 5.74) is 1.27. The van der Waals surface area contributed by atoms with Gasteiger partial charge in [0.2, 0.25) is 0 Å². The number of benzene rings is 1. The van der Waals surface area contributed by atoms with E-state index in [1.165, 1.54) is 17.6 Å². The number of hydrogen-bond acceptors (Lipinski definition) is 4. The zero-order valence-corrected chi connectivity index (χ0v) is 12.6. The van der Waals surface area contributed by atoms with Gasteiger partial charge in [0, 0.05) is 17.0 Å². The first-order valence-corrected chi connectivity index (χ1v) is 7.37. The van der Waals surface area contributed by atoms with E-state index >= 15 is 0 Å². The number of hydroxylamine groups is 1. The molecular formula is C13H11F5N2O3S. The lowest BCUT2D eigenvalue weighted by molar-refractivity contribution is -0.237. The van der Waals surface area contributed by atoms with Crippen LogP contribution >= 0.6 is 11.8 Å². The van der Waals surface area contributed by atoms with Crippen LogP contribution in [0.1, 0.15) is 16.8 Å². The van der Waals surface area contributed by atoms with Crippen LogP contribution in [0.25, 0.3) is 0 Å². The summed E-state index contributed by atoms with van der Waals surface area (Å²) >= 11 is -0.715. The second kappa shape index (κ2) is 6.55. The molecule has 0 saturated carbocycles. The van der Waals surface area contributed by atoms with Gasteiger partial charge in [-0.15, -0.1) is 0 Å². The quantitative estimate of drug-likeness (QED) is 0.370. The zero-order valence-electron chi connectivity index (χ0n) is 11.8. The van der Waals surface area contributed by atoms with E-state index in [4.69, 9.17) is 5.21 Å². The monoisotopic (exact) mass is 370 g/mol. The minimum absolute atomic E-state index is 0.131. The maximum atomic E-state index is 13.1. The maximum Gasteiger partial charge on any atom is 0.464 e. The van der Waals surface area contributed by atoms with Crippen LogP contribution < -0.4 is 5.48 Å². The number of alkyl halides is 5. The highest BCUT2D eigenvalue weighted by atomic mass is 32.2. The third-order valence-corrected chi connectivity index (χ3v) is 4.33. The second-order valence-electron chi connectivity index (χ2n) is 4.92. The van der Waals surface area contributed by atoms with Crippen molar-refractivity contribution in [1.82, 2.24) is 10.4 Å². The van der Waals surface area contributed by atoms with Gasteiger partial charge in [-0.1, -0.05) is 6.07 Å². The van der Waals surface area contributed by atoms with E-state index in [-0.39, 0.29) is 12.1 Å². The largest absolute Gasteiger partial charge is 0.464 e. The molecule has 1 aliphatic heterocycles. The maximum absolute atomic E-state index is 13.1. The Balaban J connectivity index is 2.16. The first-order chi connectivity index (χ1) is 11.1. The Labute approximate surface area is 136 Å². The van der Waals surface area contributed by atoms with Crippen LogP contribution in [0, 0.1) is 0 Å². The van der Waals surface area contributed by atoms with Crippen LogP contribution in [0.4, 0.5) is 22.0 Å². The molecule has 1 aromatic carbocycles. The number of nitrogens with one attached hydrogen (secondary N) is 1. The molecule has 0 aliphatic carbocycles. The van der Waals surface area contributed by atoms with E-state index in [0.717, 1.165) is 17.0 Å². The standard InChI is InChI=1S/C13H11F5N2O3S/c14-12(15,16)13(17,18)24-8-3-1-2-7(6-8)11(22)20-5-4-9(20)10(21)19-23/h1-3,6,9,23H,4-5H2,(H,19,21)/t9-/m1/s1. The molecule has 1 fully saturated rings. The highest BCUT2D eigenvalue weighted by Crippen LogP contribution is 2.47. The third kappa shape index (κ3) is 3.61. The Hall–Kier alpha value is -1.88. The van der Waals surface area contributed by atoms with E-state index in [9.17, 15) is 31.5 Å². The first kappa shape index (κ1) is 18.5. The van der Waals surface area contributed by atoms with Gasteiger partial charge >= 0.3 is 11.4 Å². The molecule has 2 rings (SSSR count). The second-order valence-corrected chi connectivity index (χ2v) is 6.11. The SMILES string of the molecule is O=C(NO)[C@H]1CCN1C(=O)c1cccc(SC(F)(F)C(F)(F)F)c1. The Bertz CT molecular complexity index is 653. The predicted octanol–water partition coefficient (Wildman–Crippen LogP) is 2.65. The van der Waals surface area contributed by atoms with Gasteiger partial charge in [0.25, 0.3) is 11.8 Å². The van der Waals surface area contributed by atoms with Gasteiger partial charge in [-0.25, -0.2) is 5.48 Å². The van der Waals surface area contributed by atoms with Gasteiger partial charge in [0.05, 0.1) is 0 Å². The van der Waals surface area contributed by atoms with Gasteiger partial charge < -0.3 is 4.90 Å². The zero-order chi connectivity index (χ0) is 18.1. The predicted molar refractivity (Wildman–Crippen MR) is 72.7 cm³/mol. The lowest BCUT2D eigenvalue weighted by atomic mass is 10.0. The molecule has 0 aromatic heterocycles. The normalized spacial score (nSPS) is 18.1. The van der Waals surface area contributed by atoms with E-state index < -0.39 is 45.9 Å². The number of hydrogen-bond donors (Lipinski definition) is 2. The van der Waals surface area contributed by atoms with E-state index in [1.807, 2.05) is 0 Å². The number of amides is 2. The van der Waals surface area contributed by atoms with Gasteiger partial charge in [0.1, 0.15) is 6.04 Å². The fraction of sp³-hybridized carbons (Fsp3) is 0.385. The Kier molecular flexibility index (Phi) is 5.04. The molecule has 1 aliphatic rings. The summed E-state index contributed by atoms with van der Waals surface area (Å²) in [6.07, 6.45) is -5.42. The molecule has 2 amide bonds. The molecule has 11 heteroatoms. The number of rotatable bonds is 4. The summed E-state index contributed by atoms with van der Waals surface area (Å²) in [7, 11) is 0. The summed E-state index contributed by atoms with van der Waals surface area (Å²) in [6, 6.07) is 3.43. The van der Waals surface area contributed by atoms with E-state index in [0.29, 0.717) is 6.42 Å². The van der Waals surface area contributed by atoms with Crippen LogP contribution in [0.15, 0.2) is 29.2 Å². The molecule has 1 saturated heterocycles. The van der Waals surface area contributed by atoms with Gasteiger partial charge in [-0.2, -0.15) is 22.0 Å². The van der Waals surface area contributed by atoms with Crippen LogP contribution in [0.3, 0.4) is 0 Å². The van der Waals surface area contributed by atoms with Crippen molar-refractivity contribution >= 4 is 23.6 Å². The Morgan fingerprint density at radius 1 is 1.25 bits per heavy atom. The smallest absolute Gasteiger partial charge is 0.326 e. The molecule has 0 unspecified atom stereocenters.